The van der Waals surface area contributed by atoms with E-state index in [-0.39, 0.29) is 23.4 Å². The van der Waals surface area contributed by atoms with Crippen LogP contribution in [-0.2, 0) is 6.42 Å². The molecule has 2 amide bonds. The van der Waals surface area contributed by atoms with E-state index < -0.39 is 12.6 Å². The Morgan fingerprint density at radius 3 is 2.39 bits per heavy atom. The van der Waals surface area contributed by atoms with Gasteiger partial charge in [0, 0.05) is 49.5 Å². The quantitative estimate of drug-likeness (QED) is 0.630. The highest BCUT2D eigenvalue weighted by atomic mass is 32.2. The highest BCUT2D eigenvalue weighted by molar-refractivity contribution is 7.99. The molecule has 2 aliphatic heterocycles. The van der Waals surface area contributed by atoms with Crippen LogP contribution in [0.4, 0.5) is 18.0 Å². The number of carbonyl (C=O) groups is 1. The zero-order valence-electron chi connectivity index (χ0n) is 18.3. The van der Waals surface area contributed by atoms with Crippen LogP contribution in [0.25, 0.3) is 0 Å². The molecule has 0 radical (unpaired) electrons. The smallest absolute Gasteiger partial charge is 0.339 e. The fourth-order valence-corrected chi connectivity index (χ4v) is 5.59. The Morgan fingerprint density at radius 1 is 1.03 bits per heavy atom. The lowest BCUT2D eigenvalue weighted by Crippen LogP contribution is -2.51. The van der Waals surface area contributed by atoms with Gasteiger partial charge in [-0.05, 0) is 30.4 Å². The summed E-state index contributed by atoms with van der Waals surface area (Å²) in [7, 11) is 0. The summed E-state index contributed by atoms with van der Waals surface area (Å²) in [5.74, 6) is 3.44. The maximum Gasteiger partial charge on any atom is 0.393 e. The van der Waals surface area contributed by atoms with Crippen LogP contribution >= 0.6 is 11.8 Å². The molecule has 3 aliphatic rings. The first kappa shape index (κ1) is 22.6. The molecule has 1 saturated carbocycles. The zero-order valence-corrected chi connectivity index (χ0v) is 19.1. The molecule has 2 saturated heterocycles. The SMILES string of the molecule is O=C(N1CCSCC1)N1CC(c2ccc(CC(F)(F)F)cc2)CC(c2nc(C3CC3)no2)C1. The summed E-state index contributed by atoms with van der Waals surface area (Å²) in [5.41, 5.74) is 1.17. The third kappa shape index (κ3) is 5.47. The highest BCUT2D eigenvalue weighted by Crippen LogP contribution is 2.40. The lowest BCUT2D eigenvalue weighted by molar-refractivity contribution is -0.127. The van der Waals surface area contributed by atoms with Crippen molar-refractivity contribution >= 4 is 17.8 Å². The summed E-state index contributed by atoms with van der Waals surface area (Å²) in [6.07, 6.45) is -2.30. The Morgan fingerprint density at radius 2 is 1.73 bits per heavy atom. The number of urea groups is 1. The molecule has 1 aromatic carbocycles. The van der Waals surface area contributed by atoms with Crippen LogP contribution in [0.15, 0.2) is 28.8 Å². The molecule has 5 rings (SSSR count). The largest absolute Gasteiger partial charge is 0.393 e. The molecular weight excluding hydrogens is 453 g/mol. The minimum absolute atomic E-state index is 0.0110. The predicted octanol–water partition coefficient (Wildman–Crippen LogP) is 4.79. The number of thioether (sulfide) groups is 1. The summed E-state index contributed by atoms with van der Waals surface area (Å²) >= 11 is 1.85. The average molecular weight is 481 g/mol. The topological polar surface area (TPSA) is 62.5 Å². The summed E-state index contributed by atoms with van der Waals surface area (Å²) in [6, 6.07) is 6.62. The fraction of sp³-hybridized carbons (Fsp3) is 0.609. The van der Waals surface area contributed by atoms with Gasteiger partial charge in [0.25, 0.3) is 0 Å². The number of rotatable bonds is 4. The van der Waals surface area contributed by atoms with Gasteiger partial charge in [-0.3, -0.25) is 0 Å². The Balaban J connectivity index is 1.36. The van der Waals surface area contributed by atoms with Crippen LogP contribution in [0.2, 0.25) is 0 Å². The van der Waals surface area contributed by atoms with Gasteiger partial charge in [-0.1, -0.05) is 29.4 Å². The van der Waals surface area contributed by atoms with Crippen LogP contribution in [0, 0.1) is 0 Å². The maximum atomic E-state index is 13.3. The summed E-state index contributed by atoms with van der Waals surface area (Å²) < 4.78 is 43.8. The predicted molar refractivity (Wildman–Crippen MR) is 118 cm³/mol. The molecule has 1 aromatic heterocycles. The average Bonchev–Trinajstić information content (AvgIpc) is 3.54. The monoisotopic (exact) mass is 480 g/mol. The lowest BCUT2D eigenvalue weighted by Gasteiger charge is -2.40. The van der Waals surface area contributed by atoms with Crippen molar-refractivity contribution in [2.75, 3.05) is 37.7 Å². The van der Waals surface area contributed by atoms with Gasteiger partial charge in [0.1, 0.15) is 0 Å². The molecule has 2 atom stereocenters. The number of carbonyl (C=O) groups excluding carboxylic acids is 1. The minimum Gasteiger partial charge on any atom is -0.339 e. The molecule has 178 valence electrons. The third-order valence-electron chi connectivity index (χ3n) is 6.61. The number of amides is 2. The number of aromatic nitrogens is 2. The Kier molecular flexibility index (Phi) is 6.28. The van der Waals surface area contributed by atoms with Crippen molar-refractivity contribution in [1.82, 2.24) is 19.9 Å². The third-order valence-corrected chi connectivity index (χ3v) is 7.55. The van der Waals surface area contributed by atoms with Crippen LogP contribution in [0.3, 0.4) is 0 Å². The first-order chi connectivity index (χ1) is 15.9. The number of hydrogen-bond donors (Lipinski definition) is 0. The van der Waals surface area contributed by atoms with Crippen LogP contribution in [0.5, 0.6) is 0 Å². The number of likely N-dealkylation sites (tertiary alicyclic amines) is 1. The molecule has 1 aliphatic carbocycles. The molecule has 0 spiro atoms. The summed E-state index contributed by atoms with van der Waals surface area (Å²) in [6.45, 7) is 2.50. The molecule has 0 bridgehead atoms. The van der Waals surface area contributed by atoms with Crippen LogP contribution < -0.4 is 0 Å². The standard InChI is InChI=1S/C23H27F3N4O2S/c24-23(25,26)12-15-1-3-16(4-2-15)18-11-19(21-27-20(28-32-21)17-5-6-17)14-30(13-18)22(31)29-7-9-33-10-8-29/h1-4,17-19H,5-14H2. The van der Waals surface area contributed by atoms with Gasteiger partial charge in [0.15, 0.2) is 5.82 Å². The molecule has 3 fully saturated rings. The van der Waals surface area contributed by atoms with Crippen molar-refractivity contribution < 1.29 is 22.5 Å². The highest BCUT2D eigenvalue weighted by Gasteiger charge is 2.38. The fourth-order valence-electron chi connectivity index (χ4n) is 4.69. The zero-order chi connectivity index (χ0) is 23.0. The van der Waals surface area contributed by atoms with Gasteiger partial charge < -0.3 is 14.3 Å². The number of alkyl halides is 3. The second-order valence-corrected chi connectivity index (χ2v) is 10.4. The van der Waals surface area contributed by atoms with Crippen LogP contribution in [-0.4, -0.2) is 69.8 Å². The molecule has 2 unspecified atom stereocenters. The molecule has 10 heteroatoms. The van der Waals surface area contributed by atoms with E-state index in [1.54, 1.807) is 24.3 Å². The molecular formula is C23H27F3N4O2S. The number of benzene rings is 1. The number of nitrogens with zero attached hydrogens (tertiary/aromatic N) is 4. The van der Waals surface area contributed by atoms with Gasteiger partial charge in [0.2, 0.25) is 5.89 Å². The Labute approximate surface area is 194 Å². The first-order valence-corrected chi connectivity index (χ1v) is 12.6. The van der Waals surface area contributed by atoms with Gasteiger partial charge in [-0.15, -0.1) is 0 Å². The van der Waals surface area contributed by atoms with E-state index in [0.717, 1.165) is 48.8 Å². The van der Waals surface area contributed by atoms with Gasteiger partial charge >= 0.3 is 12.2 Å². The van der Waals surface area contributed by atoms with E-state index in [1.165, 1.54) is 0 Å². The van der Waals surface area contributed by atoms with Gasteiger partial charge in [0.05, 0.1) is 12.3 Å². The van der Waals surface area contributed by atoms with E-state index in [9.17, 15) is 18.0 Å². The maximum absolute atomic E-state index is 13.3. The second kappa shape index (κ2) is 9.19. The van der Waals surface area contributed by atoms with Gasteiger partial charge in [-0.25, -0.2) is 4.79 Å². The first-order valence-electron chi connectivity index (χ1n) is 11.5. The molecule has 6 nitrogen and oxygen atoms in total. The number of piperidine rings is 1. The van der Waals surface area contributed by atoms with E-state index >= 15 is 0 Å². The van der Waals surface area contributed by atoms with E-state index in [1.807, 2.05) is 21.6 Å². The normalized spacial score (nSPS) is 24.2. The minimum atomic E-state index is -4.23. The lowest BCUT2D eigenvalue weighted by atomic mass is 9.84. The molecule has 0 N–H and O–H groups in total. The Hall–Kier alpha value is -2.23. The number of hydrogen-bond acceptors (Lipinski definition) is 5. The van der Waals surface area contributed by atoms with Crippen molar-refractivity contribution in [2.24, 2.45) is 0 Å². The van der Waals surface area contributed by atoms with Gasteiger partial charge in [-0.2, -0.15) is 29.9 Å². The molecule has 33 heavy (non-hydrogen) atoms. The number of halogens is 3. The van der Waals surface area contributed by atoms with Crippen molar-refractivity contribution in [3.63, 3.8) is 0 Å². The van der Waals surface area contributed by atoms with E-state index in [4.69, 9.17) is 4.52 Å². The van der Waals surface area contributed by atoms with Crippen molar-refractivity contribution in [2.45, 2.75) is 49.6 Å². The van der Waals surface area contributed by atoms with Crippen molar-refractivity contribution in [3.8, 4) is 0 Å². The van der Waals surface area contributed by atoms with E-state index in [2.05, 4.69) is 10.1 Å². The van der Waals surface area contributed by atoms with E-state index in [0.29, 0.717) is 31.3 Å². The van der Waals surface area contributed by atoms with Crippen LogP contribution in [0.1, 0.15) is 59.9 Å². The molecule has 2 aromatic rings. The molecule has 3 heterocycles. The summed E-state index contributed by atoms with van der Waals surface area (Å²) in [4.78, 5) is 21.7. The Bertz CT molecular complexity index is 971. The van der Waals surface area contributed by atoms with Crippen molar-refractivity contribution in [3.05, 3.63) is 47.1 Å². The van der Waals surface area contributed by atoms with Crippen molar-refractivity contribution in [1.29, 1.82) is 0 Å². The second-order valence-electron chi connectivity index (χ2n) is 9.22. The summed E-state index contributed by atoms with van der Waals surface area (Å²) in [5, 5.41) is 4.15.